The molecule has 0 spiro atoms. The van der Waals surface area contributed by atoms with Crippen LogP contribution in [0.1, 0.15) is 27.9 Å². The Morgan fingerprint density at radius 1 is 0.575 bits per heavy atom. The van der Waals surface area contributed by atoms with Gasteiger partial charge in [0.2, 0.25) is 0 Å². The summed E-state index contributed by atoms with van der Waals surface area (Å²) in [4.78, 5) is 20.9. The molecule has 0 saturated heterocycles. The van der Waals surface area contributed by atoms with Crippen LogP contribution >= 0.6 is 0 Å². The summed E-state index contributed by atoms with van der Waals surface area (Å²) in [6.45, 7) is 0. The number of aromatic amines is 2. The highest BCUT2D eigenvalue weighted by atomic mass is 16.1. The third-order valence-corrected chi connectivity index (χ3v) is 8.53. The van der Waals surface area contributed by atoms with Gasteiger partial charge >= 0.3 is 0 Å². The lowest BCUT2D eigenvalue weighted by Crippen LogP contribution is -2.28. The molecule has 0 atom stereocenters. The molecular weight excluding hydrogens is 488 g/mol. The first-order valence-electron chi connectivity index (χ1n) is 13.7. The molecule has 5 aromatic carbocycles. The molecular formula is C37H26N2O. The van der Waals surface area contributed by atoms with Crippen LogP contribution in [0.25, 0.3) is 43.6 Å². The molecule has 1 aliphatic rings. The molecule has 0 fully saturated rings. The van der Waals surface area contributed by atoms with Gasteiger partial charge in [0, 0.05) is 49.1 Å². The van der Waals surface area contributed by atoms with Crippen molar-refractivity contribution in [3.63, 3.8) is 0 Å². The summed E-state index contributed by atoms with van der Waals surface area (Å²) in [6.07, 6.45) is 7.07. The lowest BCUT2D eigenvalue weighted by molar-refractivity contribution is 0.103. The molecule has 2 heterocycles. The minimum Gasteiger partial charge on any atom is -0.354 e. The van der Waals surface area contributed by atoms with Gasteiger partial charge in [0.25, 0.3) is 0 Å². The van der Waals surface area contributed by atoms with E-state index in [0.29, 0.717) is 12.0 Å². The van der Waals surface area contributed by atoms with Crippen LogP contribution in [0.5, 0.6) is 0 Å². The number of benzene rings is 5. The Labute approximate surface area is 231 Å². The van der Waals surface area contributed by atoms with E-state index in [-0.39, 0.29) is 5.78 Å². The lowest BCUT2D eigenvalue weighted by Gasteiger charge is -2.34. The number of para-hydroxylation sites is 4. The molecule has 0 radical (unpaired) electrons. The largest absolute Gasteiger partial charge is 0.354 e. The number of Topliss-reactive ketones (excluding diaryl/α,β-unsaturated/α-hetero) is 1. The number of ketones is 1. The fourth-order valence-corrected chi connectivity index (χ4v) is 6.60. The first-order chi connectivity index (χ1) is 19.7. The number of nitrogens with one attached hydrogen (secondary N) is 2. The van der Waals surface area contributed by atoms with Gasteiger partial charge in [-0.25, -0.2) is 0 Å². The second-order valence-electron chi connectivity index (χ2n) is 10.7. The number of hydrogen-bond acceptors (Lipinski definition) is 1. The van der Waals surface area contributed by atoms with Crippen molar-refractivity contribution in [2.24, 2.45) is 0 Å². The quantitative estimate of drug-likeness (QED) is 0.226. The van der Waals surface area contributed by atoms with Gasteiger partial charge in [-0.3, -0.25) is 4.79 Å². The smallest absolute Gasteiger partial charge is 0.192 e. The summed E-state index contributed by atoms with van der Waals surface area (Å²) in [5.74, 6) is 0.0538. The van der Waals surface area contributed by atoms with E-state index < -0.39 is 5.41 Å². The summed E-state index contributed by atoms with van der Waals surface area (Å²) in [5, 5.41) is 4.85. The maximum Gasteiger partial charge on any atom is 0.192 e. The van der Waals surface area contributed by atoms with Crippen molar-refractivity contribution in [3.05, 3.63) is 156 Å². The van der Waals surface area contributed by atoms with E-state index in [0.717, 1.165) is 27.6 Å². The van der Waals surface area contributed by atoms with E-state index in [1.807, 2.05) is 36.4 Å². The summed E-state index contributed by atoms with van der Waals surface area (Å²) in [5.41, 5.74) is 7.87. The second-order valence-corrected chi connectivity index (χ2v) is 10.7. The topological polar surface area (TPSA) is 48.6 Å². The van der Waals surface area contributed by atoms with Crippen molar-refractivity contribution < 1.29 is 4.79 Å². The zero-order valence-electron chi connectivity index (χ0n) is 21.8. The number of carbonyl (C=O) groups excluding carboxylic acids is 1. The summed E-state index contributed by atoms with van der Waals surface area (Å²) in [6, 6.07) is 39.7. The minimum absolute atomic E-state index is 0.0538. The number of rotatable bonds is 4. The zero-order chi connectivity index (χ0) is 26.7. The van der Waals surface area contributed by atoms with Crippen molar-refractivity contribution in [2.45, 2.75) is 11.8 Å². The highest BCUT2D eigenvalue weighted by Gasteiger charge is 2.37. The Balaban J connectivity index is 1.39. The molecule has 190 valence electrons. The number of aromatic nitrogens is 2. The van der Waals surface area contributed by atoms with E-state index in [1.165, 1.54) is 32.7 Å². The van der Waals surface area contributed by atoms with Crippen LogP contribution in [-0.2, 0) is 5.41 Å². The van der Waals surface area contributed by atoms with Crippen LogP contribution in [0.3, 0.4) is 0 Å². The Kier molecular flexibility index (Phi) is 4.95. The maximum atomic E-state index is 13.4. The molecule has 8 rings (SSSR count). The molecule has 3 nitrogen and oxygen atoms in total. The van der Waals surface area contributed by atoms with Crippen molar-refractivity contribution in [1.82, 2.24) is 9.97 Å². The zero-order valence-corrected chi connectivity index (χ0v) is 21.8. The molecule has 0 amide bonds. The van der Waals surface area contributed by atoms with E-state index in [9.17, 15) is 4.79 Å². The first-order valence-corrected chi connectivity index (χ1v) is 13.7. The minimum atomic E-state index is -0.485. The molecule has 7 aromatic rings. The third kappa shape index (κ3) is 3.28. The SMILES string of the molecule is O=C(C1=CCC(c2cccc3c2[nH]c2ccccc23)(c2cccc3c2[nH]c2ccccc23)C=C1)c1ccccc1. The van der Waals surface area contributed by atoms with Gasteiger partial charge < -0.3 is 9.97 Å². The number of H-pyrrole nitrogens is 2. The highest BCUT2D eigenvalue weighted by molar-refractivity contribution is 6.12. The second kappa shape index (κ2) is 8.69. The average molecular weight is 515 g/mol. The van der Waals surface area contributed by atoms with Gasteiger partial charge in [-0.05, 0) is 29.7 Å². The first kappa shape index (κ1) is 22.8. The summed E-state index contributed by atoms with van der Waals surface area (Å²) in [7, 11) is 0. The predicted octanol–water partition coefficient (Wildman–Crippen LogP) is 9.01. The number of hydrogen-bond donors (Lipinski definition) is 2. The van der Waals surface area contributed by atoms with Gasteiger partial charge in [-0.1, -0.05) is 121 Å². The molecule has 2 aromatic heterocycles. The Morgan fingerprint density at radius 3 is 1.65 bits per heavy atom. The lowest BCUT2D eigenvalue weighted by atomic mass is 9.68. The molecule has 0 bridgehead atoms. The normalized spacial score (nSPS) is 14.8. The monoisotopic (exact) mass is 514 g/mol. The van der Waals surface area contributed by atoms with E-state index >= 15 is 0 Å². The maximum absolute atomic E-state index is 13.4. The number of carbonyl (C=O) groups is 1. The molecule has 3 heteroatoms. The van der Waals surface area contributed by atoms with Crippen molar-refractivity contribution in [2.75, 3.05) is 0 Å². The molecule has 40 heavy (non-hydrogen) atoms. The standard InChI is InChI=1S/C37H26N2O/c40-36(24-10-2-1-3-11-24)25-20-22-37(23-21-25,30-16-8-14-28-26-12-4-6-18-32(26)38-34(28)30)31-17-9-15-29-27-13-5-7-19-33(27)39-35(29)31/h1-22,38-39H,23H2. The van der Waals surface area contributed by atoms with Crippen LogP contribution in [0.15, 0.2) is 139 Å². The Bertz CT molecular complexity index is 2040. The van der Waals surface area contributed by atoms with Gasteiger partial charge in [-0.2, -0.15) is 0 Å². The molecule has 0 aliphatic heterocycles. The Hall–Kier alpha value is -5.15. The van der Waals surface area contributed by atoms with Crippen molar-refractivity contribution in [3.8, 4) is 0 Å². The van der Waals surface area contributed by atoms with Gasteiger partial charge in [0.15, 0.2) is 5.78 Å². The van der Waals surface area contributed by atoms with Crippen molar-refractivity contribution in [1.29, 1.82) is 0 Å². The fourth-order valence-electron chi connectivity index (χ4n) is 6.60. The third-order valence-electron chi connectivity index (χ3n) is 8.53. The van der Waals surface area contributed by atoms with Crippen LogP contribution in [0, 0.1) is 0 Å². The summed E-state index contributed by atoms with van der Waals surface area (Å²) >= 11 is 0. The molecule has 1 aliphatic carbocycles. The average Bonchev–Trinajstić information content (AvgIpc) is 3.60. The van der Waals surface area contributed by atoms with Crippen LogP contribution in [0.2, 0.25) is 0 Å². The summed E-state index contributed by atoms with van der Waals surface area (Å²) < 4.78 is 0. The van der Waals surface area contributed by atoms with E-state index in [1.54, 1.807) is 0 Å². The van der Waals surface area contributed by atoms with Crippen LogP contribution < -0.4 is 0 Å². The highest BCUT2D eigenvalue weighted by Crippen LogP contribution is 2.47. The van der Waals surface area contributed by atoms with Gasteiger partial charge in [-0.15, -0.1) is 0 Å². The number of allylic oxidation sites excluding steroid dienone is 4. The molecule has 0 saturated carbocycles. The Morgan fingerprint density at radius 2 is 1.10 bits per heavy atom. The van der Waals surface area contributed by atoms with Gasteiger partial charge in [0.1, 0.15) is 0 Å². The molecule has 0 unspecified atom stereocenters. The van der Waals surface area contributed by atoms with Crippen LogP contribution in [-0.4, -0.2) is 15.8 Å². The van der Waals surface area contributed by atoms with Gasteiger partial charge in [0.05, 0.1) is 11.0 Å². The predicted molar refractivity (Wildman–Crippen MR) is 165 cm³/mol. The van der Waals surface area contributed by atoms with E-state index in [4.69, 9.17) is 0 Å². The number of fused-ring (bicyclic) bond motifs is 6. The van der Waals surface area contributed by atoms with Crippen molar-refractivity contribution >= 4 is 49.4 Å². The molecule has 2 N–H and O–H groups in total. The van der Waals surface area contributed by atoms with E-state index in [2.05, 4.69) is 107 Å². The van der Waals surface area contributed by atoms with Crippen LogP contribution in [0.4, 0.5) is 0 Å². The fraction of sp³-hybridized carbons (Fsp3) is 0.0541.